The largest absolute Gasteiger partial charge is 0.378 e. The number of halogens is 2. The Hall–Kier alpha value is -2.20. The van der Waals surface area contributed by atoms with E-state index in [0.29, 0.717) is 24.9 Å². The normalized spacial score (nSPS) is 14.5. The van der Waals surface area contributed by atoms with Gasteiger partial charge in [0.15, 0.2) is 16.8 Å². The maximum Gasteiger partial charge on any atom is 0.234 e. The maximum absolute atomic E-state index is 13.2. The highest BCUT2D eigenvalue weighted by atomic mass is 32.2. The third-order valence-corrected chi connectivity index (χ3v) is 4.81. The van der Waals surface area contributed by atoms with E-state index in [4.69, 9.17) is 4.74 Å². The van der Waals surface area contributed by atoms with E-state index in [9.17, 15) is 13.6 Å². The molecule has 140 valence electrons. The summed E-state index contributed by atoms with van der Waals surface area (Å²) in [5.74, 6) is -1.44. The quantitative estimate of drug-likeness (QED) is 0.771. The predicted octanol–water partition coefficient (Wildman–Crippen LogP) is 2.14. The van der Waals surface area contributed by atoms with Crippen molar-refractivity contribution in [1.29, 1.82) is 0 Å². The van der Waals surface area contributed by atoms with Crippen molar-refractivity contribution in [2.45, 2.75) is 18.6 Å². The van der Waals surface area contributed by atoms with E-state index in [0.717, 1.165) is 31.2 Å². The Morgan fingerprint density at radius 3 is 2.73 bits per heavy atom. The fourth-order valence-corrected chi connectivity index (χ4v) is 3.36. The van der Waals surface area contributed by atoms with E-state index in [1.54, 1.807) is 0 Å². The van der Waals surface area contributed by atoms with Crippen LogP contribution in [0.25, 0.3) is 0 Å². The summed E-state index contributed by atoms with van der Waals surface area (Å²) < 4.78 is 33.4. The van der Waals surface area contributed by atoms with Crippen molar-refractivity contribution in [1.82, 2.24) is 14.8 Å². The van der Waals surface area contributed by atoms with Gasteiger partial charge in [0.1, 0.15) is 0 Å². The van der Waals surface area contributed by atoms with Gasteiger partial charge in [-0.2, -0.15) is 0 Å². The van der Waals surface area contributed by atoms with E-state index in [2.05, 4.69) is 20.4 Å². The number of ether oxygens (including phenoxy) is 1. The van der Waals surface area contributed by atoms with E-state index in [1.165, 1.54) is 17.8 Å². The van der Waals surface area contributed by atoms with Crippen LogP contribution in [-0.4, -0.2) is 52.7 Å². The van der Waals surface area contributed by atoms with Gasteiger partial charge in [-0.1, -0.05) is 11.8 Å². The monoisotopic (exact) mass is 383 g/mol. The van der Waals surface area contributed by atoms with Gasteiger partial charge in [-0.3, -0.25) is 9.36 Å². The number of amides is 1. The van der Waals surface area contributed by atoms with Gasteiger partial charge >= 0.3 is 0 Å². The zero-order valence-corrected chi connectivity index (χ0v) is 15.1. The lowest BCUT2D eigenvalue weighted by Crippen LogP contribution is -2.38. The second-order valence-corrected chi connectivity index (χ2v) is 6.53. The minimum Gasteiger partial charge on any atom is -0.378 e. The molecule has 0 unspecified atom stereocenters. The first-order chi connectivity index (χ1) is 12.6. The summed E-state index contributed by atoms with van der Waals surface area (Å²) >= 11 is 1.24. The summed E-state index contributed by atoms with van der Waals surface area (Å²) in [4.78, 5) is 14.2. The number of rotatable bonds is 6. The Labute approximate surface area is 153 Å². The Bertz CT molecular complexity index is 780. The van der Waals surface area contributed by atoms with Crippen molar-refractivity contribution >= 4 is 29.3 Å². The molecule has 10 heteroatoms. The average Bonchev–Trinajstić information content (AvgIpc) is 3.07. The molecule has 1 saturated heterocycles. The summed E-state index contributed by atoms with van der Waals surface area (Å²) in [7, 11) is 0. The molecule has 1 aliphatic heterocycles. The smallest absolute Gasteiger partial charge is 0.234 e. The number of hydrogen-bond donors (Lipinski definition) is 1. The molecule has 7 nitrogen and oxygen atoms in total. The highest BCUT2D eigenvalue weighted by Crippen LogP contribution is 2.23. The highest BCUT2D eigenvalue weighted by Gasteiger charge is 2.20. The Morgan fingerprint density at radius 2 is 2.04 bits per heavy atom. The first-order valence-electron chi connectivity index (χ1n) is 8.22. The number of nitrogens with zero attached hydrogens (tertiary/aromatic N) is 4. The first-order valence-corrected chi connectivity index (χ1v) is 9.20. The molecule has 2 aromatic rings. The van der Waals surface area contributed by atoms with Crippen LogP contribution in [0.4, 0.5) is 20.4 Å². The molecule has 0 aliphatic carbocycles. The minimum absolute atomic E-state index is 0.0836. The van der Waals surface area contributed by atoms with Gasteiger partial charge in [0.2, 0.25) is 11.9 Å². The predicted molar refractivity (Wildman–Crippen MR) is 94.4 cm³/mol. The molecular weight excluding hydrogens is 364 g/mol. The topological polar surface area (TPSA) is 72.3 Å². The molecule has 2 heterocycles. The van der Waals surface area contributed by atoms with E-state index in [-0.39, 0.29) is 17.3 Å². The molecule has 1 aliphatic rings. The molecule has 0 atom stereocenters. The number of benzene rings is 1. The number of aromatic nitrogens is 3. The molecule has 26 heavy (non-hydrogen) atoms. The second kappa shape index (κ2) is 8.45. The lowest BCUT2D eigenvalue weighted by Gasteiger charge is -2.27. The number of carbonyl (C=O) groups excluding carboxylic acids is 1. The number of nitrogens with one attached hydrogen (secondary N) is 1. The van der Waals surface area contributed by atoms with Crippen LogP contribution in [-0.2, 0) is 16.1 Å². The molecule has 0 bridgehead atoms. The minimum atomic E-state index is -1.00. The van der Waals surface area contributed by atoms with Gasteiger partial charge in [0.25, 0.3) is 0 Å². The van der Waals surface area contributed by atoms with Crippen molar-refractivity contribution in [2.75, 3.05) is 42.3 Å². The molecule has 1 fully saturated rings. The number of anilines is 2. The fraction of sp³-hybridized carbons (Fsp3) is 0.438. The molecule has 1 N–H and O–H groups in total. The fourth-order valence-electron chi connectivity index (χ4n) is 2.56. The lowest BCUT2D eigenvalue weighted by molar-refractivity contribution is -0.113. The second-order valence-electron chi connectivity index (χ2n) is 5.59. The van der Waals surface area contributed by atoms with E-state index >= 15 is 0 Å². The molecule has 0 saturated carbocycles. The van der Waals surface area contributed by atoms with E-state index < -0.39 is 11.6 Å². The van der Waals surface area contributed by atoms with Gasteiger partial charge < -0.3 is 15.0 Å². The molecule has 3 rings (SSSR count). The summed E-state index contributed by atoms with van der Waals surface area (Å²) in [5, 5.41) is 11.6. The summed E-state index contributed by atoms with van der Waals surface area (Å²) in [6.45, 7) is 5.45. The van der Waals surface area contributed by atoms with Crippen LogP contribution in [0.15, 0.2) is 23.4 Å². The van der Waals surface area contributed by atoms with Gasteiger partial charge in [-0.15, -0.1) is 10.2 Å². The van der Waals surface area contributed by atoms with Gasteiger partial charge in [0, 0.05) is 31.4 Å². The van der Waals surface area contributed by atoms with Crippen LogP contribution in [0.5, 0.6) is 0 Å². The molecule has 0 spiro atoms. The average molecular weight is 383 g/mol. The number of morpholine rings is 1. The van der Waals surface area contributed by atoms with Crippen LogP contribution in [0.3, 0.4) is 0 Å². The van der Waals surface area contributed by atoms with Crippen molar-refractivity contribution < 1.29 is 18.3 Å². The van der Waals surface area contributed by atoms with Crippen LogP contribution < -0.4 is 10.2 Å². The zero-order chi connectivity index (χ0) is 18.5. The van der Waals surface area contributed by atoms with Crippen molar-refractivity contribution in [3.63, 3.8) is 0 Å². The van der Waals surface area contributed by atoms with Crippen LogP contribution >= 0.6 is 11.8 Å². The van der Waals surface area contributed by atoms with Gasteiger partial charge in [-0.25, -0.2) is 8.78 Å². The molecular formula is C16H19F2N5O2S. The SMILES string of the molecule is CCn1c(SCC(=O)Nc2ccc(F)c(F)c2)nnc1N1CCOCC1. The molecule has 1 aromatic carbocycles. The van der Waals surface area contributed by atoms with Crippen LogP contribution in [0, 0.1) is 11.6 Å². The lowest BCUT2D eigenvalue weighted by atomic mass is 10.3. The van der Waals surface area contributed by atoms with Crippen molar-refractivity contribution in [3.8, 4) is 0 Å². The highest BCUT2D eigenvalue weighted by molar-refractivity contribution is 7.99. The standard InChI is InChI=1S/C16H19F2N5O2S/c1-2-23-15(22-5-7-25-8-6-22)20-21-16(23)26-10-14(24)19-11-3-4-12(17)13(18)9-11/h3-4,9H,2,5-8,10H2,1H3,(H,19,24). The Balaban J connectivity index is 1.61. The Kier molecular flexibility index (Phi) is 6.04. The molecule has 0 radical (unpaired) electrons. The third-order valence-electron chi connectivity index (χ3n) is 3.84. The van der Waals surface area contributed by atoms with Gasteiger partial charge in [-0.05, 0) is 19.1 Å². The van der Waals surface area contributed by atoms with Gasteiger partial charge in [0.05, 0.1) is 19.0 Å². The summed E-state index contributed by atoms with van der Waals surface area (Å²) in [6, 6.07) is 3.23. The van der Waals surface area contributed by atoms with Crippen molar-refractivity contribution in [2.24, 2.45) is 0 Å². The van der Waals surface area contributed by atoms with Crippen molar-refractivity contribution in [3.05, 3.63) is 29.8 Å². The number of thioether (sulfide) groups is 1. The number of carbonyl (C=O) groups is 1. The van der Waals surface area contributed by atoms with Crippen LogP contribution in [0.1, 0.15) is 6.92 Å². The third kappa shape index (κ3) is 4.31. The molecule has 1 aromatic heterocycles. The Morgan fingerprint density at radius 1 is 1.27 bits per heavy atom. The summed E-state index contributed by atoms with van der Waals surface area (Å²) in [6.07, 6.45) is 0. The van der Waals surface area contributed by atoms with E-state index in [1.807, 2.05) is 11.5 Å². The zero-order valence-electron chi connectivity index (χ0n) is 14.2. The first kappa shape index (κ1) is 18.6. The molecule has 1 amide bonds. The van der Waals surface area contributed by atoms with Crippen LogP contribution in [0.2, 0.25) is 0 Å². The maximum atomic E-state index is 13.2. The number of hydrogen-bond acceptors (Lipinski definition) is 6. The summed E-state index contributed by atoms with van der Waals surface area (Å²) in [5.41, 5.74) is 0.209.